The maximum absolute atomic E-state index is 11.6. The number of rotatable bonds is 4. The van der Waals surface area contributed by atoms with Gasteiger partial charge in [-0.15, -0.1) is 0 Å². The van der Waals surface area contributed by atoms with Crippen LogP contribution in [0.5, 0.6) is 0 Å². The van der Waals surface area contributed by atoms with Crippen molar-refractivity contribution in [2.24, 2.45) is 0 Å². The first-order valence-corrected chi connectivity index (χ1v) is 7.15. The van der Waals surface area contributed by atoms with Crippen molar-refractivity contribution in [3.8, 4) is 0 Å². The zero-order chi connectivity index (χ0) is 14.5. The smallest absolute Gasteiger partial charge is 0.338 e. The third-order valence-corrected chi connectivity index (χ3v) is 3.70. The van der Waals surface area contributed by atoms with Crippen LogP contribution in [0.1, 0.15) is 17.3 Å². The van der Waals surface area contributed by atoms with Crippen LogP contribution in [0.3, 0.4) is 0 Å². The van der Waals surface area contributed by atoms with Gasteiger partial charge >= 0.3 is 5.97 Å². The third-order valence-electron chi connectivity index (χ3n) is 2.44. The fourth-order valence-electron chi connectivity index (χ4n) is 1.52. The van der Waals surface area contributed by atoms with E-state index in [1.54, 1.807) is 37.4 Å². The number of pyridine rings is 1. The molecule has 0 bridgehead atoms. The van der Waals surface area contributed by atoms with Crippen LogP contribution in [0, 0.1) is 0 Å². The minimum absolute atomic E-state index is 0.337. The molecule has 1 aromatic heterocycles. The van der Waals surface area contributed by atoms with Crippen molar-refractivity contribution in [2.75, 3.05) is 12.3 Å². The van der Waals surface area contributed by atoms with Gasteiger partial charge in [0, 0.05) is 16.8 Å². The summed E-state index contributed by atoms with van der Waals surface area (Å²) in [5, 5.41) is 1.37. The summed E-state index contributed by atoms with van der Waals surface area (Å²) in [7, 11) is 0. The van der Waals surface area contributed by atoms with E-state index in [0.29, 0.717) is 22.9 Å². The van der Waals surface area contributed by atoms with Crippen LogP contribution in [0.2, 0.25) is 5.02 Å². The first-order valence-electron chi connectivity index (χ1n) is 5.96. The number of carbonyl (C=O) groups excluding carboxylic acids is 1. The Kier molecular flexibility index (Phi) is 4.87. The van der Waals surface area contributed by atoms with Crippen LogP contribution in [-0.2, 0) is 4.74 Å². The molecular formula is C14H13ClN2O2S. The second-order valence-corrected chi connectivity index (χ2v) is 5.39. The van der Waals surface area contributed by atoms with Crippen molar-refractivity contribution in [1.82, 2.24) is 4.98 Å². The Balaban J connectivity index is 2.17. The van der Waals surface area contributed by atoms with Gasteiger partial charge in [-0.25, -0.2) is 9.78 Å². The normalized spacial score (nSPS) is 10.3. The molecule has 0 spiro atoms. The largest absolute Gasteiger partial charge is 0.462 e. The number of aromatic nitrogens is 1. The molecule has 0 saturated carbocycles. The van der Waals surface area contributed by atoms with E-state index in [1.165, 1.54) is 11.8 Å². The summed E-state index contributed by atoms with van der Waals surface area (Å²) in [5.74, 6) is -0.375. The van der Waals surface area contributed by atoms with E-state index in [1.807, 2.05) is 6.07 Å². The maximum Gasteiger partial charge on any atom is 0.338 e. The molecule has 0 aliphatic rings. The first kappa shape index (κ1) is 14.7. The average molecular weight is 309 g/mol. The second kappa shape index (κ2) is 6.63. The third kappa shape index (κ3) is 3.65. The van der Waals surface area contributed by atoms with Gasteiger partial charge in [0.1, 0.15) is 5.03 Å². The molecule has 2 aromatic rings. The standard InChI is InChI=1S/C14H13ClN2O2S/c1-2-19-14(18)9-3-5-12(11(16)7-9)20-13-6-4-10(15)8-17-13/h3-8H,2,16H2,1H3. The van der Waals surface area contributed by atoms with Gasteiger partial charge in [0.25, 0.3) is 0 Å². The minimum Gasteiger partial charge on any atom is -0.462 e. The number of nitrogen functional groups attached to an aromatic ring is 1. The topological polar surface area (TPSA) is 65.2 Å². The van der Waals surface area contributed by atoms with E-state index >= 15 is 0 Å². The maximum atomic E-state index is 11.6. The van der Waals surface area contributed by atoms with Crippen LogP contribution in [-0.4, -0.2) is 17.6 Å². The fourth-order valence-corrected chi connectivity index (χ4v) is 2.41. The van der Waals surface area contributed by atoms with E-state index in [2.05, 4.69) is 4.98 Å². The lowest BCUT2D eigenvalue weighted by Crippen LogP contribution is -2.05. The molecule has 0 saturated heterocycles. The molecule has 1 aromatic carbocycles. The Morgan fingerprint density at radius 2 is 2.20 bits per heavy atom. The monoisotopic (exact) mass is 308 g/mol. The highest BCUT2D eigenvalue weighted by Gasteiger charge is 2.10. The Morgan fingerprint density at radius 1 is 1.40 bits per heavy atom. The molecule has 6 heteroatoms. The van der Waals surface area contributed by atoms with Crippen molar-refractivity contribution < 1.29 is 9.53 Å². The van der Waals surface area contributed by atoms with Gasteiger partial charge in [-0.3, -0.25) is 0 Å². The quantitative estimate of drug-likeness (QED) is 0.690. The molecular weight excluding hydrogens is 296 g/mol. The lowest BCUT2D eigenvalue weighted by atomic mass is 10.2. The predicted octanol–water partition coefficient (Wildman–Crippen LogP) is 3.65. The molecule has 0 aliphatic heterocycles. The van der Waals surface area contributed by atoms with Crippen molar-refractivity contribution >= 4 is 35.0 Å². The Labute approximate surface area is 126 Å². The Bertz CT molecular complexity index is 617. The molecule has 1 heterocycles. The highest BCUT2D eigenvalue weighted by atomic mass is 35.5. The van der Waals surface area contributed by atoms with Crippen LogP contribution in [0.4, 0.5) is 5.69 Å². The summed E-state index contributed by atoms with van der Waals surface area (Å²) >= 11 is 7.19. The van der Waals surface area contributed by atoms with E-state index in [-0.39, 0.29) is 5.97 Å². The van der Waals surface area contributed by atoms with Crippen molar-refractivity contribution in [3.05, 3.63) is 47.1 Å². The Morgan fingerprint density at radius 3 is 2.80 bits per heavy atom. The van der Waals surface area contributed by atoms with Gasteiger partial charge in [0.2, 0.25) is 0 Å². The van der Waals surface area contributed by atoms with Gasteiger partial charge in [-0.05, 0) is 37.3 Å². The van der Waals surface area contributed by atoms with Gasteiger partial charge in [-0.2, -0.15) is 0 Å². The number of nitrogens with zero attached hydrogens (tertiary/aromatic N) is 1. The van der Waals surface area contributed by atoms with Crippen molar-refractivity contribution in [3.63, 3.8) is 0 Å². The number of nitrogens with two attached hydrogens (primary N) is 1. The average Bonchev–Trinajstić information content (AvgIpc) is 2.43. The van der Waals surface area contributed by atoms with Crippen LogP contribution in [0.15, 0.2) is 46.5 Å². The van der Waals surface area contributed by atoms with Gasteiger partial charge in [0.05, 0.1) is 17.2 Å². The summed E-state index contributed by atoms with van der Waals surface area (Å²) in [5.41, 5.74) is 6.90. The first-order chi connectivity index (χ1) is 9.60. The molecule has 4 nitrogen and oxygen atoms in total. The fraction of sp³-hybridized carbons (Fsp3) is 0.143. The summed E-state index contributed by atoms with van der Waals surface area (Å²) in [6.07, 6.45) is 1.58. The lowest BCUT2D eigenvalue weighted by Gasteiger charge is -2.07. The number of carbonyl (C=O) groups is 1. The van der Waals surface area contributed by atoms with Crippen LogP contribution < -0.4 is 5.73 Å². The highest BCUT2D eigenvalue weighted by Crippen LogP contribution is 2.31. The molecule has 20 heavy (non-hydrogen) atoms. The number of hydrogen-bond donors (Lipinski definition) is 1. The second-order valence-electron chi connectivity index (χ2n) is 3.89. The molecule has 0 amide bonds. The lowest BCUT2D eigenvalue weighted by molar-refractivity contribution is 0.0526. The number of hydrogen-bond acceptors (Lipinski definition) is 5. The number of anilines is 1. The molecule has 0 aliphatic carbocycles. The summed E-state index contributed by atoms with van der Waals surface area (Å²) in [4.78, 5) is 16.6. The van der Waals surface area contributed by atoms with Crippen molar-refractivity contribution in [2.45, 2.75) is 16.8 Å². The molecule has 2 rings (SSSR count). The summed E-state index contributed by atoms with van der Waals surface area (Å²) < 4.78 is 4.93. The minimum atomic E-state index is -0.375. The zero-order valence-corrected chi connectivity index (χ0v) is 12.4. The SMILES string of the molecule is CCOC(=O)c1ccc(Sc2ccc(Cl)cn2)c(N)c1. The van der Waals surface area contributed by atoms with E-state index in [4.69, 9.17) is 22.1 Å². The molecule has 0 fully saturated rings. The van der Waals surface area contributed by atoms with Gasteiger partial charge < -0.3 is 10.5 Å². The molecule has 0 atom stereocenters. The van der Waals surface area contributed by atoms with E-state index in [0.717, 1.165) is 9.92 Å². The summed E-state index contributed by atoms with van der Waals surface area (Å²) in [6.45, 7) is 2.10. The Hall–Kier alpha value is -1.72. The number of benzene rings is 1. The molecule has 0 radical (unpaired) electrons. The van der Waals surface area contributed by atoms with Crippen LogP contribution >= 0.6 is 23.4 Å². The summed E-state index contributed by atoms with van der Waals surface area (Å²) in [6, 6.07) is 8.65. The zero-order valence-electron chi connectivity index (χ0n) is 10.8. The molecule has 2 N–H and O–H groups in total. The predicted molar refractivity (Wildman–Crippen MR) is 80.2 cm³/mol. The van der Waals surface area contributed by atoms with Gasteiger partial charge in [0.15, 0.2) is 0 Å². The molecule has 104 valence electrons. The number of ether oxygens (including phenoxy) is 1. The van der Waals surface area contributed by atoms with Crippen LogP contribution in [0.25, 0.3) is 0 Å². The highest BCUT2D eigenvalue weighted by molar-refractivity contribution is 7.99. The number of halogens is 1. The van der Waals surface area contributed by atoms with Crippen molar-refractivity contribution in [1.29, 1.82) is 0 Å². The number of esters is 1. The van der Waals surface area contributed by atoms with E-state index < -0.39 is 0 Å². The molecule has 0 unspecified atom stereocenters. The van der Waals surface area contributed by atoms with Gasteiger partial charge in [-0.1, -0.05) is 23.4 Å². The van der Waals surface area contributed by atoms with E-state index in [9.17, 15) is 4.79 Å².